The molecule has 3 N–H and O–H groups in total. The molecule has 23 heavy (non-hydrogen) atoms. The van der Waals surface area contributed by atoms with Crippen LogP contribution in [0.2, 0.25) is 0 Å². The van der Waals surface area contributed by atoms with E-state index in [0.29, 0.717) is 5.69 Å². The summed E-state index contributed by atoms with van der Waals surface area (Å²) in [5.41, 5.74) is 1.74. The first-order valence-corrected chi connectivity index (χ1v) is 6.83. The van der Waals surface area contributed by atoms with Gasteiger partial charge in [-0.15, -0.1) is 0 Å². The first kappa shape index (κ1) is 16.3. The van der Waals surface area contributed by atoms with Gasteiger partial charge in [0.05, 0.1) is 5.56 Å². The lowest BCUT2D eigenvalue weighted by molar-refractivity contribution is -0.119. The van der Waals surface area contributed by atoms with Crippen LogP contribution in [0.3, 0.4) is 0 Å². The summed E-state index contributed by atoms with van der Waals surface area (Å²) in [5, 5.41) is 11.9. The van der Waals surface area contributed by atoms with E-state index < -0.39 is 29.9 Å². The molecular weight excluding hydrogens is 300 g/mol. The fourth-order valence-electron chi connectivity index (χ4n) is 1.92. The van der Waals surface area contributed by atoms with Crippen LogP contribution in [-0.4, -0.2) is 28.6 Å². The van der Waals surface area contributed by atoms with Crippen molar-refractivity contribution in [2.45, 2.75) is 13.8 Å². The number of rotatable bonds is 4. The van der Waals surface area contributed by atoms with Crippen molar-refractivity contribution in [3.05, 3.63) is 57.4 Å². The fourth-order valence-corrected chi connectivity index (χ4v) is 1.92. The molecule has 0 unspecified atom stereocenters. The normalized spacial score (nSPS) is 10.2. The highest BCUT2D eigenvalue weighted by atomic mass is 16.5. The van der Waals surface area contributed by atoms with Crippen LogP contribution in [0.5, 0.6) is 5.88 Å². The molecule has 0 radical (unpaired) electrons. The number of carbonyl (C=O) groups excluding carboxylic acids is 2. The quantitative estimate of drug-likeness (QED) is 0.741. The number of hydrogen-bond donors (Lipinski definition) is 3. The van der Waals surface area contributed by atoms with Crippen molar-refractivity contribution in [1.29, 1.82) is 0 Å². The van der Waals surface area contributed by atoms with Crippen molar-refractivity contribution in [2.24, 2.45) is 0 Å². The Kier molecular flexibility index (Phi) is 4.80. The number of aromatic hydroxyl groups is 1. The van der Waals surface area contributed by atoms with E-state index in [1.54, 1.807) is 0 Å². The molecule has 7 heteroatoms. The Morgan fingerprint density at radius 1 is 1.22 bits per heavy atom. The fraction of sp³-hybridized carbons (Fsp3) is 0.188. The monoisotopic (exact) mass is 316 g/mol. The van der Waals surface area contributed by atoms with Crippen LogP contribution in [-0.2, 0) is 9.53 Å². The predicted octanol–water partition coefficient (Wildman–Crippen LogP) is 1.49. The molecule has 0 aliphatic rings. The third-order valence-corrected chi connectivity index (χ3v) is 3.07. The van der Waals surface area contributed by atoms with Gasteiger partial charge in [0.1, 0.15) is 0 Å². The third kappa shape index (κ3) is 4.44. The van der Waals surface area contributed by atoms with E-state index in [-0.39, 0.29) is 5.56 Å². The average Bonchev–Trinajstić information content (AvgIpc) is 2.47. The van der Waals surface area contributed by atoms with Crippen LogP contribution in [0.4, 0.5) is 5.69 Å². The van der Waals surface area contributed by atoms with Crippen LogP contribution >= 0.6 is 0 Å². The lowest BCUT2D eigenvalue weighted by Gasteiger charge is -2.10. The van der Waals surface area contributed by atoms with E-state index in [1.165, 1.54) is 0 Å². The second kappa shape index (κ2) is 6.78. The molecular formula is C16H16N2O5. The zero-order chi connectivity index (χ0) is 17.0. The van der Waals surface area contributed by atoms with Gasteiger partial charge in [-0.05, 0) is 31.0 Å². The van der Waals surface area contributed by atoms with Gasteiger partial charge in [-0.1, -0.05) is 12.1 Å². The highest BCUT2D eigenvalue weighted by molar-refractivity contribution is 5.96. The molecule has 0 aliphatic heterocycles. The molecule has 0 spiro atoms. The molecule has 0 atom stereocenters. The minimum atomic E-state index is -0.873. The van der Waals surface area contributed by atoms with Gasteiger partial charge in [-0.3, -0.25) is 14.6 Å². The lowest BCUT2D eigenvalue weighted by Crippen LogP contribution is -2.22. The van der Waals surface area contributed by atoms with E-state index in [1.807, 2.05) is 32.0 Å². The van der Waals surface area contributed by atoms with Gasteiger partial charge >= 0.3 is 5.97 Å². The summed E-state index contributed by atoms with van der Waals surface area (Å²) >= 11 is 0. The molecule has 0 saturated heterocycles. The van der Waals surface area contributed by atoms with E-state index >= 15 is 0 Å². The largest absolute Gasteiger partial charge is 0.494 e. The number of aryl methyl sites for hydroxylation is 2. The van der Waals surface area contributed by atoms with Crippen LogP contribution in [0.1, 0.15) is 21.5 Å². The molecule has 0 saturated carbocycles. The summed E-state index contributed by atoms with van der Waals surface area (Å²) in [6, 6.07) is 7.63. The number of ether oxygens (including phenoxy) is 1. The number of carbonyl (C=O) groups is 2. The number of benzene rings is 1. The smallest absolute Gasteiger partial charge is 0.339 e. The number of esters is 1. The van der Waals surface area contributed by atoms with Crippen LogP contribution in [0, 0.1) is 13.8 Å². The van der Waals surface area contributed by atoms with E-state index in [4.69, 9.17) is 4.74 Å². The number of aromatic amines is 1. The van der Waals surface area contributed by atoms with Crippen molar-refractivity contribution >= 4 is 17.6 Å². The van der Waals surface area contributed by atoms with Gasteiger partial charge in [0.15, 0.2) is 12.5 Å². The standard InChI is InChI=1S/C16H16N2O5/c1-9-3-4-10(2)12(5-9)17-15(21)8-23-16(22)11-6-13(19)18-14(20)7-11/h3-7H,8H2,1-2H3,(H,17,21)(H2,18,19,20). The van der Waals surface area contributed by atoms with Gasteiger partial charge in [0.25, 0.3) is 11.5 Å². The summed E-state index contributed by atoms with van der Waals surface area (Å²) in [6.07, 6.45) is 0. The molecule has 7 nitrogen and oxygen atoms in total. The molecule has 0 bridgehead atoms. The first-order valence-electron chi connectivity index (χ1n) is 6.83. The topological polar surface area (TPSA) is 108 Å². The summed E-state index contributed by atoms with van der Waals surface area (Å²) in [6.45, 7) is 3.24. The highest BCUT2D eigenvalue weighted by Crippen LogP contribution is 2.16. The van der Waals surface area contributed by atoms with Crippen molar-refractivity contribution in [1.82, 2.24) is 4.98 Å². The number of amides is 1. The minimum Gasteiger partial charge on any atom is -0.494 e. The third-order valence-electron chi connectivity index (χ3n) is 3.07. The molecule has 1 amide bonds. The molecule has 1 heterocycles. The Morgan fingerprint density at radius 3 is 2.65 bits per heavy atom. The van der Waals surface area contributed by atoms with Crippen molar-refractivity contribution in [2.75, 3.05) is 11.9 Å². The average molecular weight is 316 g/mol. The van der Waals surface area contributed by atoms with Crippen LogP contribution < -0.4 is 10.9 Å². The zero-order valence-electron chi connectivity index (χ0n) is 12.7. The maximum Gasteiger partial charge on any atom is 0.339 e. The Balaban J connectivity index is 1.97. The van der Waals surface area contributed by atoms with Crippen molar-refractivity contribution < 1.29 is 19.4 Å². The predicted molar refractivity (Wildman–Crippen MR) is 83.6 cm³/mol. The van der Waals surface area contributed by atoms with Gasteiger partial charge < -0.3 is 15.2 Å². The SMILES string of the molecule is Cc1ccc(C)c(NC(=O)COC(=O)c2cc(O)[nH]c(=O)c2)c1. The van der Waals surface area contributed by atoms with Gasteiger partial charge in [0, 0.05) is 17.8 Å². The number of pyridine rings is 1. The molecule has 1 aromatic carbocycles. The minimum absolute atomic E-state index is 0.134. The van der Waals surface area contributed by atoms with Gasteiger partial charge in [-0.25, -0.2) is 4.79 Å². The Hall–Kier alpha value is -3.09. The van der Waals surface area contributed by atoms with E-state index in [0.717, 1.165) is 23.3 Å². The number of anilines is 1. The molecule has 2 rings (SSSR count). The number of hydrogen-bond acceptors (Lipinski definition) is 5. The number of aromatic nitrogens is 1. The lowest BCUT2D eigenvalue weighted by atomic mass is 10.1. The Bertz CT molecular complexity index is 810. The summed E-state index contributed by atoms with van der Waals surface area (Å²) in [4.78, 5) is 36.8. The molecule has 2 aromatic rings. The maximum absolute atomic E-state index is 11.8. The zero-order valence-corrected chi connectivity index (χ0v) is 12.7. The van der Waals surface area contributed by atoms with E-state index in [2.05, 4.69) is 10.3 Å². The second-order valence-corrected chi connectivity index (χ2v) is 5.06. The number of H-pyrrole nitrogens is 1. The van der Waals surface area contributed by atoms with Crippen LogP contribution in [0.25, 0.3) is 0 Å². The van der Waals surface area contributed by atoms with Crippen molar-refractivity contribution in [3.63, 3.8) is 0 Å². The highest BCUT2D eigenvalue weighted by Gasteiger charge is 2.13. The van der Waals surface area contributed by atoms with Crippen LogP contribution in [0.15, 0.2) is 35.1 Å². The second-order valence-electron chi connectivity index (χ2n) is 5.06. The summed E-state index contributed by atoms with van der Waals surface area (Å²) in [7, 11) is 0. The number of nitrogens with one attached hydrogen (secondary N) is 2. The molecule has 120 valence electrons. The molecule has 0 fully saturated rings. The summed E-state index contributed by atoms with van der Waals surface area (Å²) < 4.78 is 4.83. The first-order chi connectivity index (χ1) is 10.8. The summed E-state index contributed by atoms with van der Waals surface area (Å²) in [5.74, 6) is -1.83. The molecule has 0 aliphatic carbocycles. The van der Waals surface area contributed by atoms with E-state index in [9.17, 15) is 19.5 Å². The van der Waals surface area contributed by atoms with Gasteiger partial charge in [-0.2, -0.15) is 0 Å². The Labute approximate surface area is 131 Å². The van der Waals surface area contributed by atoms with Gasteiger partial charge in [0.2, 0.25) is 0 Å². The Morgan fingerprint density at radius 2 is 1.96 bits per heavy atom. The van der Waals surface area contributed by atoms with Crippen molar-refractivity contribution in [3.8, 4) is 5.88 Å². The maximum atomic E-state index is 11.8. The molecule has 1 aromatic heterocycles.